The molecule has 0 atom stereocenters. The highest BCUT2D eigenvalue weighted by Gasteiger charge is 2.04. The number of nitrogens with two attached hydrogens (primary N) is 1. The van der Waals surface area contributed by atoms with Crippen molar-refractivity contribution in [2.24, 2.45) is 0 Å². The predicted octanol–water partition coefficient (Wildman–Crippen LogP) is 3.57. The van der Waals surface area contributed by atoms with Gasteiger partial charge in [-0.1, -0.05) is 54.2 Å². The summed E-state index contributed by atoms with van der Waals surface area (Å²) in [5, 5.41) is 3.83. The Labute approximate surface area is 113 Å². The second kappa shape index (κ2) is 4.96. The van der Waals surface area contributed by atoms with Gasteiger partial charge >= 0.3 is 0 Å². The number of nitrogens with zero attached hydrogens (tertiary/aromatic N) is 2. The van der Waals surface area contributed by atoms with Gasteiger partial charge in [-0.3, -0.25) is 0 Å². The molecule has 1 aromatic heterocycles. The summed E-state index contributed by atoms with van der Waals surface area (Å²) in [5.41, 5.74) is 6.87. The van der Waals surface area contributed by atoms with Gasteiger partial charge in [-0.15, -0.1) is 0 Å². The van der Waals surface area contributed by atoms with Crippen molar-refractivity contribution in [3.05, 3.63) is 48.0 Å². The van der Waals surface area contributed by atoms with Crippen LogP contribution < -0.4 is 5.73 Å². The van der Waals surface area contributed by atoms with Gasteiger partial charge in [-0.05, 0) is 16.3 Å². The van der Waals surface area contributed by atoms with Gasteiger partial charge in [0.15, 0.2) is 0 Å². The van der Waals surface area contributed by atoms with Crippen LogP contribution in [0.1, 0.15) is 5.56 Å². The fourth-order valence-corrected chi connectivity index (χ4v) is 3.26. The number of hydrogen-bond donors (Lipinski definition) is 1. The van der Waals surface area contributed by atoms with Crippen LogP contribution in [0.3, 0.4) is 0 Å². The quantitative estimate of drug-likeness (QED) is 0.741. The number of nitrogen functional groups attached to an aromatic ring is 1. The van der Waals surface area contributed by atoms with Crippen LogP contribution in [-0.4, -0.2) is 9.36 Å². The summed E-state index contributed by atoms with van der Waals surface area (Å²) in [5.74, 6) is 0.859. The van der Waals surface area contributed by atoms with Gasteiger partial charge < -0.3 is 5.73 Å². The van der Waals surface area contributed by atoms with Crippen LogP contribution in [0.15, 0.2) is 47.6 Å². The maximum atomic E-state index is 5.57. The zero-order valence-electron chi connectivity index (χ0n) is 9.54. The third-order valence-corrected chi connectivity index (χ3v) is 4.21. The van der Waals surface area contributed by atoms with Crippen molar-refractivity contribution < 1.29 is 0 Å². The Morgan fingerprint density at radius 2 is 1.94 bits per heavy atom. The average Bonchev–Trinajstić information content (AvgIpc) is 2.82. The van der Waals surface area contributed by atoms with E-state index < -0.39 is 0 Å². The van der Waals surface area contributed by atoms with E-state index in [0.29, 0.717) is 5.13 Å². The molecule has 0 saturated carbocycles. The highest BCUT2D eigenvalue weighted by atomic mass is 32.2. The monoisotopic (exact) mass is 273 g/mol. The van der Waals surface area contributed by atoms with Gasteiger partial charge in [0, 0.05) is 17.3 Å². The van der Waals surface area contributed by atoms with Crippen molar-refractivity contribution >= 4 is 39.2 Å². The molecule has 0 bridgehead atoms. The Bertz CT molecular complexity index is 673. The molecule has 0 amide bonds. The topological polar surface area (TPSA) is 51.8 Å². The summed E-state index contributed by atoms with van der Waals surface area (Å²) >= 11 is 2.86. The molecule has 0 aliphatic rings. The first kappa shape index (κ1) is 11.5. The molecule has 0 aliphatic heterocycles. The van der Waals surface area contributed by atoms with E-state index in [9.17, 15) is 0 Å². The van der Waals surface area contributed by atoms with Crippen LogP contribution in [0.5, 0.6) is 0 Å². The molecule has 5 heteroatoms. The van der Waals surface area contributed by atoms with Crippen molar-refractivity contribution in [3.8, 4) is 0 Å². The molecule has 0 aliphatic carbocycles. The summed E-state index contributed by atoms with van der Waals surface area (Å²) in [6, 6.07) is 14.8. The number of aromatic nitrogens is 2. The third-order valence-electron chi connectivity index (χ3n) is 2.66. The first-order chi connectivity index (χ1) is 8.83. The molecule has 0 unspecified atom stereocenters. The predicted molar refractivity (Wildman–Crippen MR) is 77.8 cm³/mol. The molecule has 3 nitrogen and oxygen atoms in total. The zero-order valence-corrected chi connectivity index (χ0v) is 11.2. The molecule has 0 radical (unpaired) electrons. The van der Waals surface area contributed by atoms with E-state index in [1.807, 2.05) is 0 Å². The Balaban J connectivity index is 1.86. The number of rotatable bonds is 3. The van der Waals surface area contributed by atoms with E-state index in [0.717, 1.165) is 10.9 Å². The average molecular weight is 273 g/mol. The van der Waals surface area contributed by atoms with Crippen molar-refractivity contribution in [1.82, 2.24) is 9.36 Å². The molecule has 90 valence electrons. The van der Waals surface area contributed by atoms with E-state index in [1.54, 1.807) is 11.8 Å². The maximum Gasteiger partial charge on any atom is 0.202 e. The van der Waals surface area contributed by atoms with Gasteiger partial charge in [0.1, 0.15) is 0 Å². The minimum absolute atomic E-state index is 0.524. The van der Waals surface area contributed by atoms with Crippen molar-refractivity contribution in [2.45, 2.75) is 10.9 Å². The van der Waals surface area contributed by atoms with E-state index in [1.165, 1.54) is 27.9 Å². The largest absolute Gasteiger partial charge is 0.374 e. The van der Waals surface area contributed by atoms with Crippen LogP contribution in [0.2, 0.25) is 0 Å². The summed E-state index contributed by atoms with van der Waals surface area (Å²) in [4.78, 5) is 4.15. The van der Waals surface area contributed by atoms with Crippen molar-refractivity contribution in [2.75, 3.05) is 5.73 Å². The third kappa shape index (κ3) is 2.32. The molecule has 0 fully saturated rings. The Kier molecular flexibility index (Phi) is 3.17. The van der Waals surface area contributed by atoms with Crippen LogP contribution in [0.25, 0.3) is 10.8 Å². The molecule has 0 saturated heterocycles. The van der Waals surface area contributed by atoms with Crippen molar-refractivity contribution in [3.63, 3.8) is 0 Å². The van der Waals surface area contributed by atoms with Crippen LogP contribution >= 0.6 is 23.3 Å². The molecule has 3 rings (SSSR count). The van der Waals surface area contributed by atoms with E-state index in [2.05, 4.69) is 51.8 Å². The van der Waals surface area contributed by atoms with Crippen LogP contribution in [0, 0.1) is 0 Å². The zero-order chi connectivity index (χ0) is 12.4. The Morgan fingerprint density at radius 1 is 1.11 bits per heavy atom. The standard InChI is InChI=1S/C13H11N3S2/c14-12-15-13(16-18-12)17-8-10-6-3-5-9-4-1-2-7-11(9)10/h1-7H,8H2,(H2,14,15,16). The lowest BCUT2D eigenvalue weighted by Crippen LogP contribution is -1.85. The van der Waals surface area contributed by atoms with E-state index in [-0.39, 0.29) is 0 Å². The lowest BCUT2D eigenvalue weighted by Gasteiger charge is -2.04. The second-order valence-electron chi connectivity index (χ2n) is 3.84. The number of thioether (sulfide) groups is 1. The molecule has 2 aromatic carbocycles. The first-order valence-electron chi connectivity index (χ1n) is 5.51. The SMILES string of the molecule is Nc1nc(SCc2cccc3ccccc23)ns1. The first-order valence-corrected chi connectivity index (χ1v) is 7.27. The maximum absolute atomic E-state index is 5.57. The minimum Gasteiger partial charge on any atom is -0.374 e. The van der Waals surface area contributed by atoms with Gasteiger partial charge in [0.2, 0.25) is 10.3 Å². The normalized spacial score (nSPS) is 10.9. The summed E-state index contributed by atoms with van der Waals surface area (Å²) in [6.45, 7) is 0. The molecular weight excluding hydrogens is 262 g/mol. The molecule has 0 spiro atoms. The number of benzene rings is 2. The molecule has 18 heavy (non-hydrogen) atoms. The van der Waals surface area contributed by atoms with Gasteiger partial charge in [0.05, 0.1) is 0 Å². The smallest absolute Gasteiger partial charge is 0.202 e. The lowest BCUT2D eigenvalue weighted by atomic mass is 10.1. The lowest BCUT2D eigenvalue weighted by molar-refractivity contribution is 1.08. The summed E-state index contributed by atoms with van der Waals surface area (Å²) in [6.07, 6.45) is 0. The minimum atomic E-state index is 0.524. The van der Waals surface area contributed by atoms with E-state index in [4.69, 9.17) is 5.73 Å². The molecule has 2 N–H and O–H groups in total. The molecule has 1 heterocycles. The van der Waals surface area contributed by atoms with Gasteiger partial charge in [0.25, 0.3) is 0 Å². The summed E-state index contributed by atoms with van der Waals surface area (Å²) in [7, 11) is 0. The highest BCUT2D eigenvalue weighted by Crippen LogP contribution is 2.26. The Morgan fingerprint density at radius 3 is 2.78 bits per heavy atom. The number of fused-ring (bicyclic) bond motifs is 1. The molecular formula is C13H11N3S2. The van der Waals surface area contributed by atoms with Crippen LogP contribution in [-0.2, 0) is 5.75 Å². The van der Waals surface area contributed by atoms with Crippen molar-refractivity contribution in [1.29, 1.82) is 0 Å². The van der Waals surface area contributed by atoms with E-state index >= 15 is 0 Å². The fourth-order valence-electron chi connectivity index (χ4n) is 1.84. The highest BCUT2D eigenvalue weighted by molar-refractivity contribution is 7.98. The van der Waals surface area contributed by atoms with Crippen LogP contribution in [0.4, 0.5) is 5.13 Å². The second-order valence-corrected chi connectivity index (χ2v) is 5.57. The summed E-state index contributed by atoms with van der Waals surface area (Å²) < 4.78 is 4.18. The fraction of sp³-hybridized carbons (Fsp3) is 0.0769. The van der Waals surface area contributed by atoms with Gasteiger partial charge in [-0.25, -0.2) is 0 Å². The molecule has 3 aromatic rings. The number of hydrogen-bond acceptors (Lipinski definition) is 5. The number of anilines is 1. The Hall–Kier alpha value is -1.59. The van der Waals surface area contributed by atoms with Gasteiger partial charge in [-0.2, -0.15) is 9.36 Å².